The summed E-state index contributed by atoms with van der Waals surface area (Å²) < 4.78 is 5.60. The number of rotatable bonds is 8. The van der Waals surface area contributed by atoms with Crippen molar-refractivity contribution < 1.29 is 19.4 Å². The van der Waals surface area contributed by atoms with E-state index < -0.39 is 17.7 Å². The zero-order valence-electron chi connectivity index (χ0n) is 20.3. The summed E-state index contributed by atoms with van der Waals surface area (Å²) in [6.07, 6.45) is 4.75. The van der Waals surface area contributed by atoms with Gasteiger partial charge in [0.1, 0.15) is 17.6 Å². The van der Waals surface area contributed by atoms with E-state index in [1.165, 1.54) is 10.5 Å². The fourth-order valence-electron chi connectivity index (χ4n) is 4.39. The number of aromatic nitrogens is 1. The molecule has 6 heteroatoms. The maximum absolute atomic E-state index is 13.3. The van der Waals surface area contributed by atoms with Gasteiger partial charge in [0.2, 0.25) is 0 Å². The quantitative estimate of drug-likeness (QED) is 0.257. The molecule has 0 saturated carbocycles. The maximum atomic E-state index is 13.3. The van der Waals surface area contributed by atoms with Crippen LogP contribution in [-0.4, -0.2) is 28.4 Å². The van der Waals surface area contributed by atoms with E-state index in [1.54, 1.807) is 42.6 Å². The number of carbonyl (C=O) groups excluding carboxylic acids is 2. The van der Waals surface area contributed by atoms with E-state index in [2.05, 4.69) is 11.9 Å². The highest BCUT2D eigenvalue weighted by molar-refractivity contribution is 6.51. The van der Waals surface area contributed by atoms with Crippen molar-refractivity contribution in [1.29, 1.82) is 0 Å². The number of amides is 1. The predicted octanol–water partition coefficient (Wildman–Crippen LogP) is 5.76. The first kappa shape index (κ1) is 24.2. The van der Waals surface area contributed by atoms with Crippen molar-refractivity contribution in [2.75, 3.05) is 11.5 Å². The minimum absolute atomic E-state index is 0.0207. The number of hydrogen-bond donors (Lipinski definition) is 1. The molecule has 0 aliphatic carbocycles. The van der Waals surface area contributed by atoms with Gasteiger partial charge in [-0.3, -0.25) is 19.5 Å². The zero-order chi connectivity index (χ0) is 24.9. The normalized spacial score (nSPS) is 17.1. The van der Waals surface area contributed by atoms with Crippen molar-refractivity contribution in [1.82, 2.24) is 4.98 Å². The highest BCUT2D eigenvalue weighted by Gasteiger charge is 2.47. The number of aliphatic hydroxyl groups excluding tert-OH is 1. The van der Waals surface area contributed by atoms with Crippen molar-refractivity contribution in [2.24, 2.45) is 0 Å². The highest BCUT2D eigenvalue weighted by Crippen LogP contribution is 2.41. The lowest BCUT2D eigenvalue weighted by Gasteiger charge is -2.25. The van der Waals surface area contributed by atoms with Crippen LogP contribution in [0.15, 0.2) is 72.4 Å². The Kier molecular flexibility index (Phi) is 7.30. The predicted molar refractivity (Wildman–Crippen MR) is 136 cm³/mol. The van der Waals surface area contributed by atoms with Crippen LogP contribution >= 0.6 is 0 Å². The average Bonchev–Trinajstić information content (AvgIpc) is 3.14. The van der Waals surface area contributed by atoms with Gasteiger partial charge in [-0.2, -0.15) is 0 Å². The molecule has 1 aromatic heterocycles. The van der Waals surface area contributed by atoms with Crippen molar-refractivity contribution >= 4 is 23.1 Å². The number of unbranched alkanes of at least 4 members (excludes halogenated alkanes) is 1. The smallest absolute Gasteiger partial charge is 0.300 e. The van der Waals surface area contributed by atoms with Crippen LogP contribution in [-0.2, 0) is 16.0 Å². The Morgan fingerprint density at radius 1 is 1.06 bits per heavy atom. The third kappa shape index (κ3) is 4.83. The molecule has 0 bridgehead atoms. The summed E-state index contributed by atoms with van der Waals surface area (Å²) in [5.74, 6) is -0.952. The number of anilines is 1. The van der Waals surface area contributed by atoms with Gasteiger partial charge in [-0.1, -0.05) is 31.5 Å². The van der Waals surface area contributed by atoms with Crippen LogP contribution in [0.1, 0.15) is 55.1 Å². The fraction of sp³-hybridized carbons (Fsp3) is 0.276. The molecule has 1 saturated heterocycles. The third-order valence-electron chi connectivity index (χ3n) is 6.19. The van der Waals surface area contributed by atoms with Crippen LogP contribution in [0.4, 0.5) is 5.69 Å². The summed E-state index contributed by atoms with van der Waals surface area (Å²) in [7, 11) is 0. The lowest BCUT2D eigenvalue weighted by atomic mass is 9.97. The standard InChI is InChI=1S/C29H30N2O4/c1-4-6-9-20-11-14-22(15-12-20)31-26(23-10-7-8-17-30-23)25(28(33)29(31)34)27(32)21-13-16-24(35-5-2)19(3)18-21/h7-8,10-18,26,32H,4-6,9H2,1-3H3/b27-25-. The largest absolute Gasteiger partial charge is 0.507 e. The average molecular weight is 471 g/mol. The summed E-state index contributed by atoms with van der Waals surface area (Å²) >= 11 is 0. The Labute approximate surface area is 205 Å². The molecule has 6 nitrogen and oxygen atoms in total. The van der Waals surface area contributed by atoms with E-state index in [4.69, 9.17) is 4.74 Å². The number of pyridine rings is 1. The van der Waals surface area contributed by atoms with E-state index in [9.17, 15) is 14.7 Å². The number of aryl methyl sites for hydroxylation is 2. The number of Topliss-reactive ketones (excluding diaryl/α,β-unsaturated/α-hetero) is 1. The molecular weight excluding hydrogens is 440 g/mol. The van der Waals surface area contributed by atoms with Gasteiger partial charge in [-0.15, -0.1) is 0 Å². The van der Waals surface area contributed by atoms with Gasteiger partial charge in [0.05, 0.1) is 17.9 Å². The van der Waals surface area contributed by atoms with Gasteiger partial charge in [0.15, 0.2) is 0 Å². The minimum atomic E-state index is -0.843. The Hall–Kier alpha value is -3.93. The first-order valence-corrected chi connectivity index (χ1v) is 12.0. The van der Waals surface area contributed by atoms with Crippen molar-refractivity contribution in [3.8, 4) is 5.75 Å². The molecule has 0 spiro atoms. The Morgan fingerprint density at radius 2 is 1.83 bits per heavy atom. The SMILES string of the molecule is CCCCc1ccc(N2C(=O)C(=O)/C(=C(\O)c3ccc(OCC)c(C)c3)C2c2ccccn2)cc1. The van der Waals surface area contributed by atoms with Gasteiger partial charge in [0, 0.05) is 17.4 Å². The topological polar surface area (TPSA) is 79.7 Å². The maximum Gasteiger partial charge on any atom is 0.300 e. The van der Waals surface area contributed by atoms with Gasteiger partial charge in [-0.05, 0) is 80.3 Å². The highest BCUT2D eigenvalue weighted by atomic mass is 16.5. The number of hydrogen-bond acceptors (Lipinski definition) is 5. The van der Waals surface area contributed by atoms with Gasteiger partial charge in [0.25, 0.3) is 11.7 Å². The molecule has 4 rings (SSSR count). The third-order valence-corrected chi connectivity index (χ3v) is 6.19. The molecule has 1 amide bonds. The monoisotopic (exact) mass is 470 g/mol. The lowest BCUT2D eigenvalue weighted by Crippen LogP contribution is -2.29. The van der Waals surface area contributed by atoms with Gasteiger partial charge < -0.3 is 9.84 Å². The van der Waals surface area contributed by atoms with Crippen molar-refractivity contribution in [2.45, 2.75) is 46.1 Å². The summed E-state index contributed by atoms with van der Waals surface area (Å²) in [4.78, 5) is 32.4. The fourth-order valence-corrected chi connectivity index (χ4v) is 4.39. The van der Waals surface area contributed by atoms with Crippen LogP contribution in [0.2, 0.25) is 0 Å². The summed E-state index contributed by atoms with van der Waals surface area (Å²) in [5.41, 5.74) is 3.55. The number of benzene rings is 2. The molecule has 2 heterocycles. The number of nitrogens with zero attached hydrogens (tertiary/aromatic N) is 2. The molecule has 1 N–H and O–H groups in total. The Bertz CT molecular complexity index is 1250. The molecule has 1 aliphatic heterocycles. The van der Waals surface area contributed by atoms with Crippen LogP contribution in [0.5, 0.6) is 5.75 Å². The lowest BCUT2D eigenvalue weighted by molar-refractivity contribution is -0.132. The van der Waals surface area contributed by atoms with Crippen LogP contribution in [0, 0.1) is 6.92 Å². The molecule has 1 fully saturated rings. The van der Waals surface area contributed by atoms with Gasteiger partial charge >= 0.3 is 0 Å². The zero-order valence-corrected chi connectivity index (χ0v) is 20.3. The molecule has 0 radical (unpaired) electrons. The molecule has 1 unspecified atom stereocenters. The molecule has 1 atom stereocenters. The summed E-state index contributed by atoms with van der Waals surface area (Å²) in [6.45, 7) is 6.44. The summed E-state index contributed by atoms with van der Waals surface area (Å²) in [5, 5.41) is 11.3. The molecular formula is C29H30N2O4. The molecule has 2 aromatic carbocycles. The number of ketones is 1. The number of aliphatic hydroxyl groups is 1. The second-order valence-corrected chi connectivity index (χ2v) is 8.61. The van der Waals surface area contributed by atoms with Crippen molar-refractivity contribution in [3.05, 3.63) is 94.8 Å². The van der Waals surface area contributed by atoms with E-state index in [0.717, 1.165) is 24.8 Å². The number of carbonyl (C=O) groups is 2. The second-order valence-electron chi connectivity index (χ2n) is 8.61. The minimum Gasteiger partial charge on any atom is -0.507 e. The van der Waals surface area contributed by atoms with E-state index in [-0.39, 0.29) is 11.3 Å². The van der Waals surface area contributed by atoms with E-state index in [0.29, 0.717) is 29.3 Å². The van der Waals surface area contributed by atoms with E-state index >= 15 is 0 Å². The molecule has 180 valence electrons. The first-order chi connectivity index (χ1) is 17.0. The van der Waals surface area contributed by atoms with Crippen LogP contribution in [0.3, 0.4) is 0 Å². The molecule has 3 aromatic rings. The first-order valence-electron chi connectivity index (χ1n) is 12.0. The van der Waals surface area contributed by atoms with Crippen LogP contribution < -0.4 is 9.64 Å². The second kappa shape index (κ2) is 10.6. The van der Waals surface area contributed by atoms with Crippen LogP contribution in [0.25, 0.3) is 5.76 Å². The Balaban J connectivity index is 1.82. The Morgan fingerprint density at radius 3 is 2.46 bits per heavy atom. The molecule has 35 heavy (non-hydrogen) atoms. The summed E-state index contributed by atoms with van der Waals surface area (Å²) in [6, 6.07) is 17.4. The number of ether oxygens (including phenoxy) is 1. The van der Waals surface area contributed by atoms with E-state index in [1.807, 2.05) is 38.1 Å². The van der Waals surface area contributed by atoms with Gasteiger partial charge in [-0.25, -0.2) is 0 Å². The molecule has 1 aliphatic rings. The van der Waals surface area contributed by atoms with Crippen molar-refractivity contribution in [3.63, 3.8) is 0 Å².